The molecule has 6 aromatic carbocycles. The number of carbonyl (C=O) groups excluding carboxylic acids is 1. The Morgan fingerprint density at radius 3 is 1.48 bits per heavy atom. The summed E-state index contributed by atoms with van der Waals surface area (Å²) in [5, 5.41) is 0. The summed E-state index contributed by atoms with van der Waals surface area (Å²) in [6.45, 7) is 4.31. The number of hydrogen-bond donors (Lipinski definition) is 0. The molecular weight excluding hydrogens is 689 g/mol. The van der Waals surface area contributed by atoms with E-state index in [1.165, 1.54) is 11.1 Å². The zero-order chi connectivity index (χ0) is 37.9. The van der Waals surface area contributed by atoms with Crippen LogP contribution in [0.4, 0.5) is 0 Å². The van der Waals surface area contributed by atoms with Gasteiger partial charge in [0.2, 0.25) is 0 Å². The molecule has 4 atom stereocenters. The average molecular weight is 729 g/mol. The first kappa shape index (κ1) is 34.0. The van der Waals surface area contributed by atoms with E-state index in [0.29, 0.717) is 18.6 Å². The van der Waals surface area contributed by atoms with Crippen LogP contribution in [0.15, 0.2) is 158 Å². The summed E-state index contributed by atoms with van der Waals surface area (Å²) >= 11 is 0. The first-order chi connectivity index (χ1) is 27.4. The Hall–Kier alpha value is -6.53. The number of carbonyl (C=O) groups is 1. The van der Waals surface area contributed by atoms with Crippen molar-refractivity contribution in [3.8, 4) is 28.3 Å². The Kier molecular flexibility index (Phi) is 8.10. The van der Waals surface area contributed by atoms with E-state index in [1.807, 2.05) is 79.7 Å². The van der Waals surface area contributed by atoms with E-state index < -0.39 is 16.7 Å². The van der Waals surface area contributed by atoms with Gasteiger partial charge in [-0.05, 0) is 78.3 Å². The van der Waals surface area contributed by atoms with E-state index in [1.54, 1.807) is 0 Å². The molecule has 2 aliphatic rings. The highest BCUT2D eigenvalue weighted by Gasteiger charge is 2.56. The van der Waals surface area contributed by atoms with Crippen molar-refractivity contribution in [2.24, 2.45) is 5.92 Å². The highest BCUT2D eigenvalue weighted by Crippen LogP contribution is 2.62. The van der Waals surface area contributed by atoms with Crippen LogP contribution in [-0.4, -0.2) is 25.9 Å². The van der Waals surface area contributed by atoms with Gasteiger partial charge >= 0.3 is 5.97 Å². The molecule has 0 spiro atoms. The summed E-state index contributed by atoms with van der Waals surface area (Å²) in [5.41, 5.74) is 11.4. The minimum absolute atomic E-state index is 0.153. The van der Waals surface area contributed by atoms with E-state index in [4.69, 9.17) is 24.7 Å². The molecule has 0 aliphatic heterocycles. The van der Waals surface area contributed by atoms with Crippen molar-refractivity contribution in [2.75, 3.05) is 0 Å². The molecule has 2 heterocycles. The molecule has 0 bridgehead atoms. The maximum absolute atomic E-state index is 14.2. The summed E-state index contributed by atoms with van der Waals surface area (Å²) in [6.07, 6.45) is 1.81. The minimum Gasteiger partial charge on any atom is -0.426 e. The van der Waals surface area contributed by atoms with Crippen LogP contribution in [0.25, 0.3) is 44.6 Å². The molecule has 6 nitrogen and oxygen atoms in total. The fourth-order valence-corrected chi connectivity index (χ4v) is 9.68. The normalized spacial score (nSPS) is 18.8. The molecule has 6 heteroatoms. The van der Waals surface area contributed by atoms with Gasteiger partial charge < -0.3 is 4.74 Å². The first-order valence-corrected chi connectivity index (χ1v) is 19.5. The SMILES string of the molecule is CC(C[C@]1(C[C@]2(CC(C)c3ccccc3)c3ccccc3-c3nc4ccccc4nc32)c2ccccc2-c2nc3ccccc3nc21)C(=O)Oc1ccccc1. The Balaban J connectivity index is 1.24. The second kappa shape index (κ2) is 13.3. The van der Waals surface area contributed by atoms with Crippen LogP contribution in [0.3, 0.4) is 0 Å². The molecule has 0 saturated heterocycles. The lowest BCUT2D eigenvalue weighted by Gasteiger charge is -2.43. The lowest BCUT2D eigenvalue weighted by atomic mass is 9.59. The van der Waals surface area contributed by atoms with Crippen molar-refractivity contribution < 1.29 is 9.53 Å². The third kappa shape index (κ3) is 5.42. The van der Waals surface area contributed by atoms with E-state index >= 15 is 0 Å². The number of hydrogen-bond acceptors (Lipinski definition) is 6. The van der Waals surface area contributed by atoms with Crippen LogP contribution < -0.4 is 4.74 Å². The van der Waals surface area contributed by atoms with Crippen molar-refractivity contribution in [3.05, 3.63) is 186 Å². The molecule has 272 valence electrons. The molecule has 2 aromatic heterocycles. The number of rotatable bonds is 9. The van der Waals surface area contributed by atoms with Gasteiger partial charge in [0.1, 0.15) is 5.75 Å². The predicted molar refractivity (Wildman–Crippen MR) is 221 cm³/mol. The van der Waals surface area contributed by atoms with Crippen LogP contribution in [-0.2, 0) is 15.6 Å². The van der Waals surface area contributed by atoms with E-state index in [-0.39, 0.29) is 11.9 Å². The minimum atomic E-state index is -0.767. The van der Waals surface area contributed by atoms with Gasteiger partial charge in [0, 0.05) is 22.0 Å². The first-order valence-electron chi connectivity index (χ1n) is 19.5. The maximum atomic E-state index is 14.2. The number of esters is 1. The quantitative estimate of drug-likeness (QED) is 0.109. The molecule has 0 saturated carbocycles. The molecule has 0 fully saturated rings. The van der Waals surface area contributed by atoms with Gasteiger partial charge in [-0.2, -0.15) is 0 Å². The Morgan fingerprint density at radius 1 is 0.518 bits per heavy atom. The van der Waals surface area contributed by atoms with Gasteiger partial charge in [0.25, 0.3) is 0 Å². The molecule has 0 N–H and O–H groups in total. The van der Waals surface area contributed by atoms with E-state index in [9.17, 15) is 4.79 Å². The fraction of sp³-hybridized carbons (Fsp3) is 0.180. The molecule has 56 heavy (non-hydrogen) atoms. The maximum Gasteiger partial charge on any atom is 0.314 e. The van der Waals surface area contributed by atoms with Crippen molar-refractivity contribution in [1.82, 2.24) is 19.9 Å². The fourth-order valence-electron chi connectivity index (χ4n) is 9.68. The molecule has 0 radical (unpaired) electrons. The Morgan fingerprint density at radius 2 is 0.946 bits per heavy atom. The van der Waals surface area contributed by atoms with Crippen LogP contribution in [0.2, 0.25) is 0 Å². The van der Waals surface area contributed by atoms with Crippen molar-refractivity contribution in [3.63, 3.8) is 0 Å². The van der Waals surface area contributed by atoms with Crippen LogP contribution in [0.5, 0.6) is 5.75 Å². The van der Waals surface area contributed by atoms with Gasteiger partial charge in [-0.15, -0.1) is 0 Å². The number of nitrogens with zero attached hydrogens (tertiary/aromatic N) is 4. The Bertz CT molecular complexity index is 2790. The number of ether oxygens (including phenoxy) is 1. The third-order valence-electron chi connectivity index (χ3n) is 12.1. The monoisotopic (exact) mass is 728 g/mol. The van der Waals surface area contributed by atoms with Gasteiger partial charge in [0.05, 0.1) is 50.8 Å². The van der Waals surface area contributed by atoms with Crippen LogP contribution in [0, 0.1) is 5.92 Å². The summed E-state index contributed by atoms with van der Waals surface area (Å²) in [4.78, 5) is 36.1. The highest BCUT2D eigenvalue weighted by atomic mass is 16.5. The molecular formula is C50H40N4O2. The third-order valence-corrected chi connectivity index (χ3v) is 12.1. The number of benzene rings is 6. The zero-order valence-corrected chi connectivity index (χ0v) is 31.4. The van der Waals surface area contributed by atoms with Crippen molar-refractivity contribution >= 4 is 28.0 Å². The lowest BCUT2D eigenvalue weighted by molar-refractivity contribution is -0.139. The zero-order valence-electron chi connectivity index (χ0n) is 31.4. The standard InChI is InChI=1S/C50H40N4O2/c1-32(34-17-5-3-6-18-34)29-49(38-23-11-9-21-36(38)44-46(49)53-42-27-15-13-25-40(42)51-44)31-50(30-33(2)48(55)56-35-19-7-4-8-20-35)39-24-12-10-22-37(39)45-47(50)54-43-28-16-14-26-41(43)52-45/h3-28,32-33H,29-31H2,1-2H3/t32?,33?,49-,50+/m1/s1. The van der Waals surface area contributed by atoms with Crippen molar-refractivity contribution in [2.45, 2.75) is 49.9 Å². The summed E-state index contributed by atoms with van der Waals surface area (Å²) < 4.78 is 6.06. The van der Waals surface area contributed by atoms with Gasteiger partial charge in [-0.1, -0.05) is 135 Å². The predicted octanol–water partition coefficient (Wildman–Crippen LogP) is 11.0. The largest absolute Gasteiger partial charge is 0.426 e. The summed E-state index contributed by atoms with van der Waals surface area (Å²) in [5.74, 6) is -0.0879. The topological polar surface area (TPSA) is 77.9 Å². The number of fused-ring (bicyclic) bond motifs is 8. The van der Waals surface area contributed by atoms with Gasteiger partial charge in [-0.3, -0.25) is 4.79 Å². The average Bonchev–Trinajstić information content (AvgIpc) is 3.64. The molecule has 2 aliphatic carbocycles. The van der Waals surface area contributed by atoms with E-state index in [0.717, 1.165) is 68.0 Å². The van der Waals surface area contributed by atoms with E-state index in [2.05, 4.69) is 91.9 Å². The highest BCUT2D eigenvalue weighted by molar-refractivity contribution is 5.87. The molecule has 8 aromatic rings. The van der Waals surface area contributed by atoms with Gasteiger partial charge in [-0.25, -0.2) is 19.9 Å². The second-order valence-electron chi connectivity index (χ2n) is 15.6. The molecule has 2 unspecified atom stereocenters. The van der Waals surface area contributed by atoms with Crippen LogP contribution in [0.1, 0.15) is 67.1 Å². The number of aromatic nitrogens is 4. The molecule has 0 amide bonds. The Labute approximate surface area is 326 Å². The summed E-state index contributed by atoms with van der Waals surface area (Å²) in [6, 6.07) is 53.6. The smallest absolute Gasteiger partial charge is 0.314 e. The lowest BCUT2D eigenvalue weighted by Crippen LogP contribution is -2.41. The molecule has 10 rings (SSSR count). The second-order valence-corrected chi connectivity index (χ2v) is 15.6. The summed E-state index contributed by atoms with van der Waals surface area (Å²) in [7, 11) is 0. The van der Waals surface area contributed by atoms with Crippen molar-refractivity contribution in [1.29, 1.82) is 0 Å². The number of para-hydroxylation sites is 5. The van der Waals surface area contributed by atoms with Crippen LogP contribution >= 0.6 is 0 Å². The van der Waals surface area contributed by atoms with Gasteiger partial charge in [0.15, 0.2) is 0 Å².